The Labute approximate surface area is 157 Å². The number of amides is 1. The van der Waals surface area contributed by atoms with Crippen LogP contribution in [0.1, 0.15) is 25.3 Å². The SMILES string of the molecule is COC(=O)C1=C(C)N=C(C)C(C(=O)OC)[C@@H]1c1ccc(OCC(N)=O)cc1. The van der Waals surface area contributed by atoms with Crippen LogP contribution < -0.4 is 10.5 Å². The maximum absolute atomic E-state index is 12.4. The average Bonchev–Trinajstić information content (AvgIpc) is 2.65. The van der Waals surface area contributed by atoms with Crippen LogP contribution in [0.5, 0.6) is 5.75 Å². The van der Waals surface area contributed by atoms with Gasteiger partial charge in [-0.2, -0.15) is 0 Å². The van der Waals surface area contributed by atoms with E-state index in [1.54, 1.807) is 38.1 Å². The summed E-state index contributed by atoms with van der Waals surface area (Å²) in [5.41, 5.74) is 7.08. The first kappa shape index (κ1) is 20.2. The highest BCUT2D eigenvalue weighted by molar-refractivity contribution is 6.06. The lowest BCUT2D eigenvalue weighted by molar-refractivity contribution is -0.143. The molecule has 0 saturated carbocycles. The number of nitrogens with zero attached hydrogens (tertiary/aromatic N) is 1. The van der Waals surface area contributed by atoms with E-state index in [9.17, 15) is 14.4 Å². The summed E-state index contributed by atoms with van der Waals surface area (Å²) in [4.78, 5) is 40.0. The number of hydrogen-bond acceptors (Lipinski definition) is 7. The molecule has 2 rings (SSSR count). The number of aliphatic imine (C=N–C) groups is 1. The van der Waals surface area contributed by atoms with Gasteiger partial charge < -0.3 is 19.9 Å². The summed E-state index contributed by atoms with van der Waals surface area (Å²) in [6.07, 6.45) is 0. The highest BCUT2D eigenvalue weighted by Crippen LogP contribution is 2.40. The van der Waals surface area contributed by atoms with Gasteiger partial charge in [0.1, 0.15) is 11.7 Å². The molecule has 0 spiro atoms. The fourth-order valence-electron chi connectivity index (χ4n) is 3.13. The van der Waals surface area contributed by atoms with Crippen molar-refractivity contribution < 1.29 is 28.6 Å². The number of nitrogens with two attached hydrogens (primary N) is 1. The number of benzene rings is 1. The van der Waals surface area contributed by atoms with Gasteiger partial charge in [-0.05, 0) is 31.5 Å². The zero-order chi connectivity index (χ0) is 20.1. The van der Waals surface area contributed by atoms with Crippen LogP contribution in [0.25, 0.3) is 0 Å². The number of methoxy groups -OCH3 is 2. The van der Waals surface area contributed by atoms with E-state index < -0.39 is 29.7 Å². The van der Waals surface area contributed by atoms with Gasteiger partial charge in [-0.3, -0.25) is 14.6 Å². The van der Waals surface area contributed by atoms with Crippen molar-refractivity contribution >= 4 is 23.6 Å². The molecular formula is C19H22N2O6. The fourth-order valence-corrected chi connectivity index (χ4v) is 3.13. The Morgan fingerprint density at radius 3 is 2.22 bits per heavy atom. The maximum Gasteiger partial charge on any atom is 0.336 e. The van der Waals surface area contributed by atoms with Crippen molar-refractivity contribution in [3.8, 4) is 5.75 Å². The van der Waals surface area contributed by atoms with Crippen LogP contribution in [0.2, 0.25) is 0 Å². The van der Waals surface area contributed by atoms with Crippen molar-refractivity contribution in [2.24, 2.45) is 16.6 Å². The molecule has 1 heterocycles. The second-order valence-corrected chi connectivity index (χ2v) is 6.05. The predicted octanol–water partition coefficient (Wildman–Crippen LogP) is 1.34. The molecule has 144 valence electrons. The van der Waals surface area contributed by atoms with Crippen molar-refractivity contribution in [2.75, 3.05) is 20.8 Å². The van der Waals surface area contributed by atoms with Crippen LogP contribution in [0.15, 0.2) is 40.5 Å². The zero-order valence-corrected chi connectivity index (χ0v) is 15.6. The number of carbonyl (C=O) groups excluding carboxylic acids is 3. The first-order chi connectivity index (χ1) is 12.8. The quantitative estimate of drug-likeness (QED) is 0.751. The van der Waals surface area contributed by atoms with Gasteiger partial charge >= 0.3 is 11.9 Å². The molecule has 1 aliphatic heterocycles. The third-order valence-electron chi connectivity index (χ3n) is 4.31. The van der Waals surface area contributed by atoms with E-state index in [1.807, 2.05) is 0 Å². The van der Waals surface area contributed by atoms with Gasteiger partial charge in [0.2, 0.25) is 0 Å². The molecular weight excluding hydrogens is 352 g/mol. The Morgan fingerprint density at radius 1 is 1.07 bits per heavy atom. The lowest BCUT2D eigenvalue weighted by atomic mass is 9.75. The summed E-state index contributed by atoms with van der Waals surface area (Å²) in [6, 6.07) is 6.70. The molecule has 0 aromatic heterocycles. The molecule has 1 aromatic rings. The third kappa shape index (κ3) is 4.33. The predicted molar refractivity (Wildman–Crippen MR) is 97.2 cm³/mol. The standard InChI is InChI=1S/C19H22N2O6/c1-10-15(18(23)25-3)17(16(11(2)21-10)19(24)26-4)12-5-7-13(8-6-12)27-9-14(20)22/h5-8,15,17H,9H2,1-4H3,(H2,20,22)/t15?,17-/m0/s1. The van der Waals surface area contributed by atoms with E-state index in [-0.39, 0.29) is 6.61 Å². The molecule has 0 aliphatic carbocycles. The summed E-state index contributed by atoms with van der Waals surface area (Å²) < 4.78 is 15.1. The first-order valence-electron chi connectivity index (χ1n) is 8.23. The Bertz CT molecular complexity index is 810. The normalized spacial score (nSPS) is 19.2. The molecule has 1 aliphatic rings. The van der Waals surface area contributed by atoms with Crippen molar-refractivity contribution in [2.45, 2.75) is 19.8 Å². The molecule has 1 amide bonds. The second-order valence-electron chi connectivity index (χ2n) is 6.05. The molecule has 1 unspecified atom stereocenters. The monoisotopic (exact) mass is 374 g/mol. The van der Waals surface area contributed by atoms with Crippen molar-refractivity contribution in [1.29, 1.82) is 0 Å². The number of carbonyl (C=O) groups is 3. The number of hydrogen-bond donors (Lipinski definition) is 1. The number of ether oxygens (including phenoxy) is 3. The molecule has 0 bridgehead atoms. The van der Waals surface area contributed by atoms with Gasteiger partial charge in [-0.25, -0.2) is 4.79 Å². The van der Waals surface area contributed by atoms with Crippen LogP contribution in [0.4, 0.5) is 0 Å². The molecule has 0 radical (unpaired) electrons. The minimum Gasteiger partial charge on any atom is -0.484 e. The van der Waals surface area contributed by atoms with E-state index in [2.05, 4.69) is 4.99 Å². The first-order valence-corrected chi connectivity index (χ1v) is 8.23. The summed E-state index contributed by atoms with van der Waals surface area (Å²) in [7, 11) is 2.56. The molecule has 8 nitrogen and oxygen atoms in total. The highest BCUT2D eigenvalue weighted by atomic mass is 16.5. The van der Waals surface area contributed by atoms with E-state index in [0.717, 1.165) is 0 Å². The summed E-state index contributed by atoms with van der Waals surface area (Å²) in [6.45, 7) is 3.17. The second kappa shape index (κ2) is 8.48. The minimum absolute atomic E-state index is 0.244. The topological polar surface area (TPSA) is 117 Å². The van der Waals surface area contributed by atoms with Crippen molar-refractivity contribution in [3.05, 3.63) is 41.1 Å². The molecule has 0 saturated heterocycles. The minimum atomic E-state index is -0.759. The number of allylic oxidation sites excluding steroid dienone is 1. The molecule has 0 fully saturated rings. The van der Waals surface area contributed by atoms with Gasteiger partial charge in [0.25, 0.3) is 5.91 Å². The van der Waals surface area contributed by atoms with Gasteiger partial charge in [0.05, 0.1) is 19.8 Å². The molecule has 2 atom stereocenters. The van der Waals surface area contributed by atoms with Crippen LogP contribution >= 0.6 is 0 Å². The van der Waals surface area contributed by atoms with Gasteiger partial charge in [0, 0.05) is 17.3 Å². The lowest BCUT2D eigenvalue weighted by Gasteiger charge is -2.31. The molecule has 8 heteroatoms. The average molecular weight is 374 g/mol. The van der Waals surface area contributed by atoms with Gasteiger partial charge in [-0.15, -0.1) is 0 Å². The van der Waals surface area contributed by atoms with E-state index >= 15 is 0 Å². The summed E-state index contributed by atoms with van der Waals surface area (Å²) in [5, 5.41) is 0. The Morgan fingerprint density at radius 2 is 1.70 bits per heavy atom. The maximum atomic E-state index is 12.4. The lowest BCUT2D eigenvalue weighted by Crippen LogP contribution is -2.36. The van der Waals surface area contributed by atoms with E-state index in [4.69, 9.17) is 19.9 Å². The van der Waals surface area contributed by atoms with Crippen molar-refractivity contribution in [1.82, 2.24) is 0 Å². The summed E-state index contributed by atoms with van der Waals surface area (Å²) >= 11 is 0. The van der Waals surface area contributed by atoms with Crippen LogP contribution in [-0.2, 0) is 23.9 Å². The molecule has 27 heavy (non-hydrogen) atoms. The van der Waals surface area contributed by atoms with E-state index in [1.165, 1.54) is 14.2 Å². The largest absolute Gasteiger partial charge is 0.484 e. The van der Waals surface area contributed by atoms with Crippen molar-refractivity contribution in [3.63, 3.8) is 0 Å². The van der Waals surface area contributed by atoms with Crippen LogP contribution in [-0.4, -0.2) is 44.4 Å². The Kier molecular flexibility index (Phi) is 6.33. The highest BCUT2D eigenvalue weighted by Gasteiger charge is 2.41. The molecule has 2 N–H and O–H groups in total. The number of primary amides is 1. The van der Waals surface area contributed by atoms with Gasteiger partial charge in [0.15, 0.2) is 6.61 Å². The Hall–Kier alpha value is -3.16. The van der Waals surface area contributed by atoms with Crippen LogP contribution in [0, 0.1) is 5.92 Å². The Balaban J connectivity index is 2.49. The van der Waals surface area contributed by atoms with Gasteiger partial charge in [-0.1, -0.05) is 12.1 Å². The van der Waals surface area contributed by atoms with Crippen LogP contribution in [0.3, 0.4) is 0 Å². The zero-order valence-electron chi connectivity index (χ0n) is 15.6. The smallest absolute Gasteiger partial charge is 0.336 e. The number of rotatable bonds is 6. The van der Waals surface area contributed by atoms with E-state index in [0.29, 0.717) is 28.3 Å². The number of esters is 2. The summed E-state index contributed by atoms with van der Waals surface area (Å²) in [5.74, 6) is -2.58. The third-order valence-corrected chi connectivity index (χ3v) is 4.31. The fraction of sp³-hybridized carbons (Fsp3) is 0.368. The molecule has 1 aromatic carbocycles.